The Morgan fingerprint density at radius 3 is 2.83 bits per heavy atom. The van der Waals surface area contributed by atoms with Gasteiger partial charge in [-0.3, -0.25) is 9.78 Å². The van der Waals surface area contributed by atoms with E-state index in [0.717, 1.165) is 23.2 Å². The summed E-state index contributed by atoms with van der Waals surface area (Å²) in [5, 5.41) is 12.5. The van der Waals surface area contributed by atoms with Crippen LogP contribution in [0.15, 0.2) is 42.6 Å². The lowest BCUT2D eigenvalue weighted by Crippen LogP contribution is -2.23. The molecule has 0 unspecified atom stereocenters. The predicted molar refractivity (Wildman–Crippen MR) is 89.4 cm³/mol. The van der Waals surface area contributed by atoms with Crippen LogP contribution in [0.2, 0.25) is 0 Å². The van der Waals surface area contributed by atoms with Crippen molar-refractivity contribution in [3.63, 3.8) is 0 Å². The molecule has 2 aromatic rings. The predicted octanol–water partition coefficient (Wildman–Crippen LogP) is 2.48. The summed E-state index contributed by atoms with van der Waals surface area (Å²) < 4.78 is 4.97. The summed E-state index contributed by atoms with van der Waals surface area (Å²) in [6, 6.07) is 8.91. The largest absolute Gasteiger partial charge is 0.504 e. The standard InChI is InChI=1S/C18H20N2O3/c1-13-3-4-15(12-20-13)9-10-19-18(22)8-6-14-5-7-17(23-2)16(21)11-14/h3-8,11-12,21H,9-10H2,1-2H3,(H,19,22). The Bertz CT molecular complexity index is 694. The van der Waals surface area contributed by atoms with Gasteiger partial charge in [0.15, 0.2) is 11.5 Å². The molecule has 5 heteroatoms. The molecule has 1 aromatic heterocycles. The van der Waals surface area contributed by atoms with Crippen molar-refractivity contribution in [2.75, 3.05) is 13.7 Å². The number of hydrogen-bond acceptors (Lipinski definition) is 4. The minimum Gasteiger partial charge on any atom is -0.504 e. The second kappa shape index (κ2) is 7.98. The molecule has 0 aliphatic rings. The van der Waals surface area contributed by atoms with Crippen LogP contribution in [0.25, 0.3) is 6.08 Å². The molecule has 2 rings (SSSR count). The van der Waals surface area contributed by atoms with Crippen LogP contribution >= 0.6 is 0 Å². The van der Waals surface area contributed by atoms with Crippen molar-refractivity contribution >= 4 is 12.0 Å². The van der Waals surface area contributed by atoms with Crippen molar-refractivity contribution in [1.82, 2.24) is 10.3 Å². The molecule has 23 heavy (non-hydrogen) atoms. The molecule has 120 valence electrons. The van der Waals surface area contributed by atoms with Crippen LogP contribution in [0.5, 0.6) is 11.5 Å². The number of phenolic OH excluding ortho intramolecular Hbond substituents is 1. The zero-order chi connectivity index (χ0) is 16.7. The molecule has 0 aliphatic heterocycles. The number of hydrogen-bond donors (Lipinski definition) is 2. The Morgan fingerprint density at radius 1 is 1.35 bits per heavy atom. The van der Waals surface area contributed by atoms with Gasteiger partial charge in [-0.25, -0.2) is 0 Å². The van der Waals surface area contributed by atoms with E-state index >= 15 is 0 Å². The van der Waals surface area contributed by atoms with E-state index in [1.807, 2.05) is 25.3 Å². The highest BCUT2D eigenvalue weighted by molar-refractivity contribution is 5.91. The third-order valence-corrected chi connectivity index (χ3v) is 3.32. The van der Waals surface area contributed by atoms with Gasteiger partial charge in [0.05, 0.1) is 7.11 Å². The Morgan fingerprint density at radius 2 is 2.17 bits per heavy atom. The lowest BCUT2D eigenvalue weighted by atomic mass is 10.2. The van der Waals surface area contributed by atoms with Crippen LogP contribution in [-0.2, 0) is 11.2 Å². The summed E-state index contributed by atoms with van der Waals surface area (Å²) in [6.07, 6.45) is 5.63. The Kier molecular flexibility index (Phi) is 5.74. The molecule has 0 atom stereocenters. The Balaban J connectivity index is 1.82. The Hall–Kier alpha value is -2.82. The van der Waals surface area contributed by atoms with E-state index in [-0.39, 0.29) is 11.7 Å². The molecule has 0 spiro atoms. The third kappa shape index (κ3) is 5.14. The molecular formula is C18H20N2O3. The molecule has 0 aliphatic carbocycles. The number of carbonyl (C=O) groups is 1. The third-order valence-electron chi connectivity index (χ3n) is 3.32. The maximum absolute atomic E-state index is 11.8. The van der Waals surface area contributed by atoms with Crippen molar-refractivity contribution in [3.8, 4) is 11.5 Å². The van der Waals surface area contributed by atoms with Gasteiger partial charge in [0.2, 0.25) is 5.91 Å². The summed E-state index contributed by atoms with van der Waals surface area (Å²) in [4.78, 5) is 16.0. The summed E-state index contributed by atoms with van der Waals surface area (Å²) >= 11 is 0. The number of phenols is 1. The quantitative estimate of drug-likeness (QED) is 0.804. The normalized spacial score (nSPS) is 10.7. The minimum absolute atomic E-state index is 0.0435. The zero-order valence-electron chi connectivity index (χ0n) is 13.2. The van der Waals surface area contributed by atoms with E-state index in [4.69, 9.17) is 4.74 Å². The molecule has 0 fully saturated rings. The number of methoxy groups -OCH3 is 1. The number of aromatic nitrogens is 1. The van der Waals surface area contributed by atoms with Crippen LogP contribution in [0.4, 0.5) is 0 Å². The fraction of sp³-hybridized carbons (Fsp3) is 0.222. The summed E-state index contributed by atoms with van der Waals surface area (Å²) in [5.41, 5.74) is 2.78. The molecule has 0 saturated heterocycles. The second-order valence-corrected chi connectivity index (χ2v) is 5.11. The first-order valence-corrected chi connectivity index (χ1v) is 7.33. The Labute approximate surface area is 135 Å². The maximum Gasteiger partial charge on any atom is 0.244 e. The summed E-state index contributed by atoms with van der Waals surface area (Å²) in [5.74, 6) is 0.264. The average Bonchev–Trinajstić information content (AvgIpc) is 2.55. The van der Waals surface area contributed by atoms with Crippen molar-refractivity contribution in [2.24, 2.45) is 0 Å². The molecule has 1 heterocycles. The number of aryl methyl sites for hydroxylation is 1. The van der Waals surface area contributed by atoms with Crippen LogP contribution in [0, 0.1) is 6.92 Å². The molecule has 0 saturated carbocycles. The van der Waals surface area contributed by atoms with Crippen LogP contribution < -0.4 is 10.1 Å². The summed E-state index contributed by atoms with van der Waals surface area (Å²) in [7, 11) is 1.49. The number of nitrogens with one attached hydrogen (secondary N) is 1. The molecule has 1 aromatic carbocycles. The number of aromatic hydroxyl groups is 1. The van der Waals surface area contributed by atoms with Gasteiger partial charge in [0.1, 0.15) is 0 Å². The van der Waals surface area contributed by atoms with Crippen molar-refractivity contribution in [1.29, 1.82) is 0 Å². The van der Waals surface area contributed by atoms with E-state index < -0.39 is 0 Å². The first-order chi connectivity index (χ1) is 11.1. The second-order valence-electron chi connectivity index (χ2n) is 5.11. The number of ether oxygens (including phenoxy) is 1. The number of amides is 1. The van der Waals surface area contributed by atoms with Crippen LogP contribution in [-0.4, -0.2) is 29.7 Å². The number of benzene rings is 1. The first kappa shape index (κ1) is 16.5. The SMILES string of the molecule is COc1ccc(C=CC(=O)NCCc2ccc(C)nc2)cc1O. The monoisotopic (exact) mass is 312 g/mol. The first-order valence-electron chi connectivity index (χ1n) is 7.33. The van der Waals surface area contributed by atoms with Crippen molar-refractivity contribution in [2.45, 2.75) is 13.3 Å². The van der Waals surface area contributed by atoms with E-state index in [2.05, 4.69) is 10.3 Å². The van der Waals surface area contributed by atoms with Gasteiger partial charge in [0, 0.05) is 24.5 Å². The molecule has 1 amide bonds. The zero-order valence-corrected chi connectivity index (χ0v) is 13.2. The van der Waals surface area contributed by atoms with Crippen molar-refractivity contribution in [3.05, 3.63) is 59.4 Å². The number of pyridine rings is 1. The number of carbonyl (C=O) groups excluding carboxylic acids is 1. The van der Waals surface area contributed by atoms with Gasteiger partial charge in [0.25, 0.3) is 0 Å². The lowest BCUT2D eigenvalue weighted by Gasteiger charge is -2.04. The highest BCUT2D eigenvalue weighted by Gasteiger charge is 2.01. The van der Waals surface area contributed by atoms with E-state index in [1.54, 1.807) is 24.3 Å². The highest BCUT2D eigenvalue weighted by atomic mass is 16.5. The van der Waals surface area contributed by atoms with Gasteiger partial charge in [-0.15, -0.1) is 0 Å². The summed E-state index contributed by atoms with van der Waals surface area (Å²) in [6.45, 7) is 2.48. The fourth-order valence-corrected chi connectivity index (χ4v) is 2.02. The van der Waals surface area contributed by atoms with Gasteiger partial charge >= 0.3 is 0 Å². The van der Waals surface area contributed by atoms with Crippen molar-refractivity contribution < 1.29 is 14.6 Å². The highest BCUT2D eigenvalue weighted by Crippen LogP contribution is 2.26. The van der Waals surface area contributed by atoms with Gasteiger partial charge in [-0.05, 0) is 48.7 Å². The number of nitrogens with zero attached hydrogens (tertiary/aromatic N) is 1. The molecular weight excluding hydrogens is 292 g/mol. The molecule has 0 radical (unpaired) electrons. The number of rotatable bonds is 6. The topological polar surface area (TPSA) is 71.5 Å². The van der Waals surface area contributed by atoms with Gasteiger partial charge in [-0.2, -0.15) is 0 Å². The van der Waals surface area contributed by atoms with E-state index in [1.165, 1.54) is 13.2 Å². The molecule has 0 bridgehead atoms. The van der Waals surface area contributed by atoms with E-state index in [9.17, 15) is 9.90 Å². The van der Waals surface area contributed by atoms with Gasteiger partial charge < -0.3 is 15.2 Å². The van der Waals surface area contributed by atoms with Crippen LogP contribution in [0.3, 0.4) is 0 Å². The smallest absolute Gasteiger partial charge is 0.244 e. The lowest BCUT2D eigenvalue weighted by molar-refractivity contribution is -0.116. The average molecular weight is 312 g/mol. The van der Waals surface area contributed by atoms with E-state index in [0.29, 0.717) is 12.3 Å². The molecule has 2 N–H and O–H groups in total. The molecule has 5 nitrogen and oxygen atoms in total. The minimum atomic E-state index is -0.180. The van der Waals surface area contributed by atoms with Gasteiger partial charge in [-0.1, -0.05) is 12.1 Å². The fourth-order valence-electron chi connectivity index (χ4n) is 2.02. The van der Waals surface area contributed by atoms with Crippen LogP contribution in [0.1, 0.15) is 16.8 Å². The maximum atomic E-state index is 11.8.